The predicted molar refractivity (Wildman–Crippen MR) is 123 cm³/mol. The molecule has 0 aliphatic heterocycles. The lowest BCUT2D eigenvalue weighted by Crippen LogP contribution is -2.33. The number of carbonyl (C=O) groups is 2. The molecule has 0 radical (unpaired) electrons. The van der Waals surface area contributed by atoms with Crippen LogP contribution in [-0.2, 0) is 33.8 Å². The van der Waals surface area contributed by atoms with Gasteiger partial charge in [-0.3, -0.25) is 9.78 Å². The third-order valence-corrected chi connectivity index (χ3v) is 3.88. The molecule has 2 atom stereocenters. The zero-order valence-electron chi connectivity index (χ0n) is 22.7. The SMILES string of the molecule is CC(COCC(C)OC(=O)OOC(C)(C)CC(C)(C)C)OC(=O)OOC(C)(C)CC(C)(C)C. The van der Waals surface area contributed by atoms with E-state index in [1.807, 2.05) is 27.7 Å². The molecular formula is C24H46O9. The van der Waals surface area contributed by atoms with Gasteiger partial charge in [-0.05, 0) is 65.2 Å². The van der Waals surface area contributed by atoms with Gasteiger partial charge >= 0.3 is 12.3 Å². The lowest BCUT2D eigenvalue weighted by atomic mass is 9.84. The highest BCUT2D eigenvalue weighted by Gasteiger charge is 2.30. The van der Waals surface area contributed by atoms with Crippen LogP contribution in [0.5, 0.6) is 0 Å². The van der Waals surface area contributed by atoms with Crippen molar-refractivity contribution < 1.29 is 43.3 Å². The van der Waals surface area contributed by atoms with E-state index in [2.05, 4.69) is 41.5 Å². The maximum Gasteiger partial charge on any atom is 0.540 e. The van der Waals surface area contributed by atoms with E-state index in [1.165, 1.54) is 0 Å². The van der Waals surface area contributed by atoms with Gasteiger partial charge in [-0.2, -0.15) is 9.78 Å². The fraction of sp³-hybridized carbons (Fsp3) is 0.917. The Morgan fingerprint density at radius 2 is 0.909 bits per heavy atom. The van der Waals surface area contributed by atoms with Crippen LogP contribution >= 0.6 is 0 Å². The summed E-state index contributed by atoms with van der Waals surface area (Å²) in [6, 6.07) is 0. The molecule has 0 amide bonds. The fourth-order valence-electron chi connectivity index (χ4n) is 3.74. The molecule has 0 saturated heterocycles. The van der Waals surface area contributed by atoms with Gasteiger partial charge in [0.15, 0.2) is 0 Å². The summed E-state index contributed by atoms with van der Waals surface area (Å²) >= 11 is 0. The molecule has 0 aliphatic carbocycles. The topological polar surface area (TPSA) is 98.8 Å². The average molecular weight is 479 g/mol. The Kier molecular flexibility index (Phi) is 12.2. The molecule has 0 saturated carbocycles. The summed E-state index contributed by atoms with van der Waals surface area (Å²) in [5.41, 5.74) is -1.27. The number of carbonyl (C=O) groups excluding carboxylic acids is 2. The van der Waals surface area contributed by atoms with Gasteiger partial charge in [0.1, 0.15) is 23.4 Å². The highest BCUT2D eigenvalue weighted by molar-refractivity contribution is 5.59. The van der Waals surface area contributed by atoms with Crippen molar-refractivity contribution in [1.29, 1.82) is 0 Å². The summed E-state index contributed by atoms with van der Waals surface area (Å²) in [7, 11) is 0. The van der Waals surface area contributed by atoms with E-state index in [0.717, 1.165) is 0 Å². The molecule has 0 rings (SSSR count). The summed E-state index contributed by atoms with van der Waals surface area (Å²) in [4.78, 5) is 43.6. The van der Waals surface area contributed by atoms with Gasteiger partial charge in [0, 0.05) is 0 Å². The fourth-order valence-corrected chi connectivity index (χ4v) is 3.74. The Labute approximate surface area is 199 Å². The van der Waals surface area contributed by atoms with Gasteiger partial charge < -0.3 is 14.2 Å². The van der Waals surface area contributed by atoms with Gasteiger partial charge in [0.2, 0.25) is 0 Å². The molecule has 0 spiro atoms. The highest BCUT2D eigenvalue weighted by atomic mass is 17.2. The van der Waals surface area contributed by atoms with Gasteiger partial charge in [0.05, 0.1) is 13.2 Å². The zero-order valence-corrected chi connectivity index (χ0v) is 22.7. The molecule has 196 valence electrons. The van der Waals surface area contributed by atoms with Crippen molar-refractivity contribution in [2.45, 2.75) is 119 Å². The highest BCUT2D eigenvalue weighted by Crippen LogP contribution is 2.30. The Hall–Kier alpha value is -1.58. The predicted octanol–water partition coefficient (Wildman–Crippen LogP) is 6.38. The third-order valence-electron chi connectivity index (χ3n) is 3.88. The Bertz CT molecular complexity index is 548. The normalized spacial score (nSPS) is 14.9. The van der Waals surface area contributed by atoms with E-state index in [-0.39, 0.29) is 24.0 Å². The van der Waals surface area contributed by atoms with Gasteiger partial charge in [0.25, 0.3) is 0 Å². The maximum atomic E-state index is 11.8. The summed E-state index contributed by atoms with van der Waals surface area (Å²) in [6.45, 7) is 23.2. The molecule has 0 aliphatic rings. The number of hydrogen-bond donors (Lipinski definition) is 0. The minimum atomic E-state index is -0.948. The van der Waals surface area contributed by atoms with E-state index in [4.69, 9.17) is 33.8 Å². The van der Waals surface area contributed by atoms with Crippen molar-refractivity contribution >= 4 is 12.3 Å². The van der Waals surface area contributed by atoms with Gasteiger partial charge in [-0.25, -0.2) is 9.59 Å². The lowest BCUT2D eigenvalue weighted by Gasteiger charge is -2.30. The first-order chi connectivity index (χ1) is 14.7. The first-order valence-electron chi connectivity index (χ1n) is 11.4. The first-order valence-corrected chi connectivity index (χ1v) is 11.4. The second-order valence-corrected chi connectivity index (χ2v) is 12.2. The average Bonchev–Trinajstić information content (AvgIpc) is 2.54. The Balaban J connectivity index is 4.15. The van der Waals surface area contributed by atoms with Crippen LogP contribution in [-0.4, -0.2) is 48.9 Å². The van der Waals surface area contributed by atoms with E-state index >= 15 is 0 Å². The van der Waals surface area contributed by atoms with Gasteiger partial charge in [-0.1, -0.05) is 41.5 Å². The summed E-state index contributed by atoms with van der Waals surface area (Å²) in [5, 5.41) is 0. The van der Waals surface area contributed by atoms with Crippen molar-refractivity contribution in [2.75, 3.05) is 13.2 Å². The summed E-state index contributed by atoms with van der Waals surface area (Å²) in [5.74, 6) is 0. The standard InChI is InChI=1S/C24H46O9/c1-17(28-19(25)30-32-23(9,10)15-21(3,4)5)13-27-14-18(2)29-20(26)31-33-24(11,12)16-22(6,7)8/h17-18H,13-16H2,1-12H3. The van der Waals surface area contributed by atoms with E-state index in [0.29, 0.717) is 12.8 Å². The minimum Gasteiger partial charge on any atom is -0.427 e. The van der Waals surface area contributed by atoms with E-state index < -0.39 is 35.7 Å². The van der Waals surface area contributed by atoms with E-state index in [1.54, 1.807) is 13.8 Å². The van der Waals surface area contributed by atoms with Crippen LogP contribution in [0.25, 0.3) is 0 Å². The maximum absolute atomic E-state index is 11.8. The van der Waals surface area contributed by atoms with Crippen molar-refractivity contribution in [3.8, 4) is 0 Å². The number of hydrogen-bond acceptors (Lipinski definition) is 9. The first kappa shape index (κ1) is 31.4. The quantitative estimate of drug-likeness (QED) is 0.180. The smallest absolute Gasteiger partial charge is 0.427 e. The van der Waals surface area contributed by atoms with Crippen LogP contribution in [0.4, 0.5) is 9.59 Å². The van der Waals surface area contributed by atoms with E-state index in [9.17, 15) is 9.59 Å². The zero-order chi connectivity index (χ0) is 26.1. The van der Waals surface area contributed by atoms with Crippen LogP contribution in [0.3, 0.4) is 0 Å². The molecule has 0 aromatic rings. The summed E-state index contributed by atoms with van der Waals surface area (Å²) in [6.07, 6.45) is -1.71. The van der Waals surface area contributed by atoms with Crippen LogP contribution in [0.2, 0.25) is 0 Å². The second kappa shape index (κ2) is 12.8. The molecule has 0 N–H and O–H groups in total. The molecule has 0 aromatic heterocycles. The minimum absolute atomic E-state index is 0.0117. The van der Waals surface area contributed by atoms with Crippen molar-refractivity contribution in [3.05, 3.63) is 0 Å². The molecular weight excluding hydrogens is 432 g/mol. The van der Waals surface area contributed by atoms with Crippen molar-refractivity contribution in [3.63, 3.8) is 0 Å². The monoisotopic (exact) mass is 478 g/mol. The van der Waals surface area contributed by atoms with Gasteiger partial charge in [-0.15, -0.1) is 0 Å². The Morgan fingerprint density at radius 1 is 0.606 bits per heavy atom. The Morgan fingerprint density at radius 3 is 1.18 bits per heavy atom. The van der Waals surface area contributed by atoms with Crippen molar-refractivity contribution in [2.24, 2.45) is 10.8 Å². The molecule has 9 nitrogen and oxygen atoms in total. The third kappa shape index (κ3) is 18.5. The molecule has 9 heteroatoms. The lowest BCUT2D eigenvalue weighted by molar-refractivity contribution is -0.325. The van der Waals surface area contributed by atoms with Crippen LogP contribution < -0.4 is 0 Å². The molecule has 0 fully saturated rings. The van der Waals surface area contributed by atoms with Crippen LogP contribution in [0, 0.1) is 10.8 Å². The molecule has 33 heavy (non-hydrogen) atoms. The number of rotatable bonds is 12. The molecule has 2 unspecified atom stereocenters. The number of ether oxygens (including phenoxy) is 3. The molecule has 0 bridgehead atoms. The van der Waals surface area contributed by atoms with Crippen LogP contribution in [0.15, 0.2) is 0 Å². The summed E-state index contributed by atoms with van der Waals surface area (Å²) < 4.78 is 15.6. The van der Waals surface area contributed by atoms with Crippen LogP contribution in [0.1, 0.15) is 95.9 Å². The molecule has 0 heterocycles. The second-order valence-electron chi connectivity index (χ2n) is 12.2. The largest absolute Gasteiger partial charge is 0.540 e. The molecule has 0 aromatic carbocycles. The van der Waals surface area contributed by atoms with Crippen molar-refractivity contribution in [1.82, 2.24) is 0 Å².